The number of benzene rings is 3. The summed E-state index contributed by atoms with van der Waals surface area (Å²) in [6.07, 6.45) is 0.733. The summed E-state index contributed by atoms with van der Waals surface area (Å²) in [5.74, 6) is 0.0552. The minimum atomic E-state index is -4.12. The monoisotopic (exact) mass is 593 g/mol. The van der Waals surface area contributed by atoms with Gasteiger partial charge in [0.2, 0.25) is 11.8 Å². The lowest BCUT2D eigenvalue weighted by Crippen LogP contribution is -2.52. The minimum Gasteiger partial charge on any atom is -0.497 e. The third-order valence-corrected chi connectivity index (χ3v) is 9.18. The molecule has 0 aliphatic heterocycles. The smallest absolute Gasteiger partial charge is 0.264 e. The van der Waals surface area contributed by atoms with E-state index in [1.807, 2.05) is 45.0 Å². The van der Waals surface area contributed by atoms with Gasteiger partial charge in [0.25, 0.3) is 10.0 Å². The number of carbonyl (C=O) groups is 2. The number of methoxy groups -OCH3 is 1. The van der Waals surface area contributed by atoms with Crippen molar-refractivity contribution >= 4 is 27.5 Å². The summed E-state index contributed by atoms with van der Waals surface area (Å²) in [7, 11) is -2.56. The van der Waals surface area contributed by atoms with E-state index < -0.39 is 28.5 Å². The molecular formula is C33H43N3O5S. The second-order valence-electron chi connectivity index (χ2n) is 10.9. The van der Waals surface area contributed by atoms with Crippen molar-refractivity contribution in [3.8, 4) is 5.75 Å². The van der Waals surface area contributed by atoms with E-state index in [1.165, 1.54) is 4.90 Å². The van der Waals surface area contributed by atoms with E-state index >= 15 is 0 Å². The zero-order chi connectivity index (χ0) is 31.0. The molecule has 2 amide bonds. The fourth-order valence-corrected chi connectivity index (χ4v) is 5.82. The average molecular weight is 594 g/mol. The molecule has 2 atom stereocenters. The van der Waals surface area contributed by atoms with Crippen LogP contribution in [0, 0.1) is 6.92 Å². The van der Waals surface area contributed by atoms with E-state index in [9.17, 15) is 18.0 Å². The molecule has 0 spiro atoms. The largest absolute Gasteiger partial charge is 0.497 e. The molecule has 0 radical (unpaired) electrons. The molecule has 42 heavy (non-hydrogen) atoms. The van der Waals surface area contributed by atoms with Crippen molar-refractivity contribution in [3.63, 3.8) is 0 Å². The van der Waals surface area contributed by atoms with Gasteiger partial charge >= 0.3 is 0 Å². The summed E-state index contributed by atoms with van der Waals surface area (Å²) < 4.78 is 34.5. The van der Waals surface area contributed by atoms with Gasteiger partial charge in [-0.1, -0.05) is 62.7 Å². The lowest BCUT2D eigenvalue weighted by Gasteiger charge is -2.32. The Balaban J connectivity index is 2.05. The Morgan fingerprint density at radius 2 is 1.57 bits per heavy atom. The molecule has 0 unspecified atom stereocenters. The number of carbonyl (C=O) groups excluding carboxylic acids is 2. The summed E-state index contributed by atoms with van der Waals surface area (Å²) in [4.78, 5) is 28.8. The predicted octanol–water partition coefficient (Wildman–Crippen LogP) is 5.65. The SMILES string of the molecule is CC[C@H](C)NC(=O)[C@@H](C)N(Cc1cccc(OC)c1)C(=O)CN(c1ccc(C(C)C)cc1)S(=O)(=O)c1ccc(C)cc1. The minimum absolute atomic E-state index is 0.0772. The number of hydrogen-bond donors (Lipinski definition) is 1. The number of amides is 2. The van der Waals surface area contributed by atoms with Gasteiger partial charge in [0.1, 0.15) is 18.3 Å². The highest BCUT2D eigenvalue weighted by atomic mass is 32.2. The molecule has 1 N–H and O–H groups in total. The van der Waals surface area contributed by atoms with Crippen LogP contribution in [0.4, 0.5) is 5.69 Å². The number of aryl methyl sites for hydroxylation is 1. The summed E-state index contributed by atoms with van der Waals surface area (Å²) in [6.45, 7) is 11.1. The number of sulfonamides is 1. The van der Waals surface area contributed by atoms with Crippen LogP contribution in [0.2, 0.25) is 0 Å². The Morgan fingerprint density at radius 1 is 0.929 bits per heavy atom. The zero-order valence-corrected chi connectivity index (χ0v) is 26.4. The molecule has 0 aliphatic carbocycles. The van der Waals surface area contributed by atoms with Crippen molar-refractivity contribution < 1.29 is 22.7 Å². The molecule has 0 saturated carbocycles. The van der Waals surface area contributed by atoms with E-state index in [4.69, 9.17) is 4.74 Å². The first-order valence-electron chi connectivity index (χ1n) is 14.3. The number of ether oxygens (including phenoxy) is 1. The highest BCUT2D eigenvalue weighted by Crippen LogP contribution is 2.27. The molecule has 9 heteroatoms. The van der Waals surface area contributed by atoms with Crippen molar-refractivity contribution in [3.05, 3.63) is 89.5 Å². The molecule has 0 heterocycles. The van der Waals surface area contributed by atoms with Crippen LogP contribution in [0.25, 0.3) is 0 Å². The number of rotatable bonds is 13. The van der Waals surface area contributed by atoms with E-state index in [1.54, 1.807) is 62.6 Å². The maximum atomic E-state index is 14.1. The lowest BCUT2D eigenvalue weighted by molar-refractivity contribution is -0.139. The molecule has 3 rings (SSSR count). The second kappa shape index (κ2) is 14.4. The van der Waals surface area contributed by atoms with Gasteiger partial charge in [-0.3, -0.25) is 13.9 Å². The van der Waals surface area contributed by atoms with E-state index in [-0.39, 0.29) is 29.3 Å². The highest BCUT2D eigenvalue weighted by molar-refractivity contribution is 7.92. The highest BCUT2D eigenvalue weighted by Gasteiger charge is 2.33. The van der Waals surface area contributed by atoms with Crippen LogP contribution < -0.4 is 14.4 Å². The van der Waals surface area contributed by atoms with Gasteiger partial charge in [-0.25, -0.2) is 8.42 Å². The topological polar surface area (TPSA) is 96.0 Å². The van der Waals surface area contributed by atoms with Gasteiger partial charge in [0, 0.05) is 12.6 Å². The molecular weight excluding hydrogens is 550 g/mol. The predicted molar refractivity (Wildman–Crippen MR) is 167 cm³/mol. The number of anilines is 1. The second-order valence-corrected chi connectivity index (χ2v) is 12.8. The standard InChI is InChI=1S/C33H43N3O5S/c1-8-25(5)34-33(38)26(6)35(21-27-10-9-11-30(20-27)41-7)32(37)22-36(29-16-14-28(15-17-29)23(2)3)42(39,40)31-18-12-24(4)13-19-31/h9-20,23,25-26H,8,21-22H2,1-7H3,(H,34,38)/t25-,26+/m0/s1. The van der Waals surface area contributed by atoms with Crippen LogP contribution in [0.5, 0.6) is 5.75 Å². The van der Waals surface area contributed by atoms with Crippen molar-refractivity contribution in [2.75, 3.05) is 18.0 Å². The molecule has 3 aromatic carbocycles. The summed E-state index contributed by atoms with van der Waals surface area (Å²) in [5, 5.41) is 2.95. The third kappa shape index (κ3) is 8.12. The van der Waals surface area contributed by atoms with Gasteiger partial charge in [0.15, 0.2) is 0 Å². The summed E-state index contributed by atoms with van der Waals surface area (Å²) in [5.41, 5.74) is 3.09. The summed E-state index contributed by atoms with van der Waals surface area (Å²) in [6, 6.07) is 20.0. The molecule has 8 nitrogen and oxygen atoms in total. The molecule has 0 saturated heterocycles. The van der Waals surface area contributed by atoms with Crippen molar-refractivity contribution in [2.24, 2.45) is 0 Å². The van der Waals surface area contributed by atoms with E-state index in [2.05, 4.69) is 19.2 Å². The Labute approximate surface area is 250 Å². The Hall–Kier alpha value is -3.85. The van der Waals surface area contributed by atoms with Crippen molar-refractivity contribution in [1.82, 2.24) is 10.2 Å². The number of hydrogen-bond acceptors (Lipinski definition) is 5. The quantitative estimate of drug-likeness (QED) is 0.276. The van der Waals surface area contributed by atoms with Crippen LogP contribution in [-0.2, 0) is 26.2 Å². The maximum Gasteiger partial charge on any atom is 0.264 e. The van der Waals surface area contributed by atoms with Gasteiger partial charge in [-0.2, -0.15) is 0 Å². The maximum absolute atomic E-state index is 14.1. The fourth-order valence-electron chi connectivity index (χ4n) is 4.41. The van der Waals surface area contributed by atoms with Crippen LogP contribution in [0.3, 0.4) is 0 Å². The van der Waals surface area contributed by atoms with Gasteiger partial charge in [-0.15, -0.1) is 0 Å². The fraction of sp³-hybridized carbons (Fsp3) is 0.394. The Kier molecular flexibility index (Phi) is 11.2. The molecule has 0 aliphatic rings. The summed E-state index contributed by atoms with van der Waals surface area (Å²) >= 11 is 0. The van der Waals surface area contributed by atoms with E-state index in [0.717, 1.165) is 27.4 Å². The molecule has 0 bridgehead atoms. The Morgan fingerprint density at radius 3 is 2.14 bits per heavy atom. The molecule has 0 fully saturated rings. The van der Waals surface area contributed by atoms with Gasteiger partial charge in [0.05, 0.1) is 17.7 Å². The van der Waals surface area contributed by atoms with E-state index in [0.29, 0.717) is 11.4 Å². The molecule has 0 aromatic heterocycles. The zero-order valence-electron chi connectivity index (χ0n) is 25.6. The Bertz CT molecular complexity index is 1450. The van der Waals surface area contributed by atoms with Crippen LogP contribution in [0.15, 0.2) is 77.7 Å². The first-order chi connectivity index (χ1) is 19.9. The van der Waals surface area contributed by atoms with Crippen LogP contribution in [-0.4, -0.2) is 50.9 Å². The third-order valence-electron chi connectivity index (χ3n) is 7.39. The molecule has 226 valence electrons. The number of nitrogens with zero attached hydrogens (tertiary/aromatic N) is 2. The van der Waals surface area contributed by atoms with Crippen LogP contribution in [0.1, 0.15) is 63.6 Å². The number of nitrogens with one attached hydrogen (secondary N) is 1. The van der Waals surface area contributed by atoms with Gasteiger partial charge in [-0.05, 0) is 80.6 Å². The average Bonchev–Trinajstić information content (AvgIpc) is 2.98. The van der Waals surface area contributed by atoms with Gasteiger partial charge < -0.3 is 15.0 Å². The van der Waals surface area contributed by atoms with Crippen molar-refractivity contribution in [1.29, 1.82) is 0 Å². The first kappa shape index (κ1) is 32.7. The lowest BCUT2D eigenvalue weighted by atomic mass is 10.0. The van der Waals surface area contributed by atoms with Crippen molar-refractivity contribution in [2.45, 2.75) is 77.4 Å². The first-order valence-corrected chi connectivity index (χ1v) is 15.7. The molecule has 3 aromatic rings. The normalized spacial score (nSPS) is 12.9. The van der Waals surface area contributed by atoms with Crippen LogP contribution >= 0.6 is 0 Å².